The second kappa shape index (κ2) is 12.5. The number of anilines is 1. The van der Waals surface area contributed by atoms with Crippen LogP contribution >= 0.6 is 0 Å². The van der Waals surface area contributed by atoms with Crippen LogP contribution in [0.2, 0.25) is 0 Å². The quantitative estimate of drug-likeness (QED) is 0.225. The van der Waals surface area contributed by atoms with Gasteiger partial charge in [-0.3, -0.25) is 19.6 Å². The number of aryl methyl sites for hydroxylation is 1. The van der Waals surface area contributed by atoms with E-state index in [4.69, 9.17) is 9.84 Å². The number of rotatable bonds is 9. The Labute approximate surface area is 260 Å². The highest BCUT2D eigenvalue weighted by molar-refractivity contribution is 6.05. The molecule has 0 radical (unpaired) electrons. The van der Waals surface area contributed by atoms with E-state index in [1.165, 1.54) is 37.8 Å². The largest absolute Gasteiger partial charge is 0.479 e. The number of carbonyl (C=O) groups is 3. The molecule has 45 heavy (non-hydrogen) atoms. The van der Waals surface area contributed by atoms with Crippen LogP contribution in [0.4, 0.5) is 5.82 Å². The topological polar surface area (TPSA) is 161 Å². The number of carboxylic acid groups (broad SMARTS) is 1. The van der Waals surface area contributed by atoms with Gasteiger partial charge in [0.05, 0.1) is 25.2 Å². The number of ether oxygens (including phenoxy) is 1. The van der Waals surface area contributed by atoms with E-state index in [1.807, 2.05) is 25.2 Å². The minimum absolute atomic E-state index is 0.0588. The van der Waals surface area contributed by atoms with Crippen LogP contribution in [0, 0.1) is 0 Å². The van der Waals surface area contributed by atoms with Crippen LogP contribution < -0.4 is 15.4 Å². The predicted octanol–water partition coefficient (Wildman–Crippen LogP) is 4.87. The summed E-state index contributed by atoms with van der Waals surface area (Å²) in [5.41, 5.74) is 3.54. The van der Waals surface area contributed by atoms with E-state index in [-0.39, 0.29) is 23.3 Å². The van der Waals surface area contributed by atoms with Crippen molar-refractivity contribution >= 4 is 40.6 Å². The zero-order valence-corrected chi connectivity index (χ0v) is 25.2. The van der Waals surface area contributed by atoms with E-state index in [9.17, 15) is 14.4 Å². The van der Waals surface area contributed by atoms with Gasteiger partial charge in [-0.1, -0.05) is 31.7 Å². The Hall–Kier alpha value is -5.13. The van der Waals surface area contributed by atoms with E-state index in [2.05, 4.69) is 35.1 Å². The molecule has 3 N–H and O–H groups in total. The molecule has 2 aliphatic carbocycles. The van der Waals surface area contributed by atoms with Gasteiger partial charge in [0.1, 0.15) is 16.9 Å². The van der Waals surface area contributed by atoms with E-state index in [0.717, 1.165) is 54.1 Å². The first-order valence-corrected chi connectivity index (χ1v) is 15.1. The van der Waals surface area contributed by atoms with Gasteiger partial charge in [-0.05, 0) is 55.4 Å². The fourth-order valence-electron chi connectivity index (χ4n) is 6.74. The number of benzene rings is 1. The molecule has 1 aromatic carbocycles. The third-order valence-electron chi connectivity index (χ3n) is 8.90. The fraction of sp³-hybridized carbons (Fsp3) is 0.364. The molecule has 0 atom stereocenters. The SMILES string of the molecule is COc1nc(NC(=O)C2(NC(=O)c3ccc4c(C5CCCC5)c(-c5cnccn5)n(C)c4c3)CCCC2)cnc1/C=C/C(=O)O. The van der Waals surface area contributed by atoms with E-state index in [0.29, 0.717) is 24.3 Å². The first kappa shape index (κ1) is 29.9. The van der Waals surface area contributed by atoms with Crippen molar-refractivity contribution in [3.05, 3.63) is 65.9 Å². The van der Waals surface area contributed by atoms with Crippen molar-refractivity contribution < 1.29 is 24.2 Å². The number of hydrogen-bond acceptors (Lipinski definition) is 8. The maximum absolute atomic E-state index is 13.8. The molecule has 12 heteroatoms. The first-order valence-electron chi connectivity index (χ1n) is 15.1. The Bertz CT molecular complexity index is 1790. The van der Waals surface area contributed by atoms with Crippen molar-refractivity contribution in [3.63, 3.8) is 0 Å². The summed E-state index contributed by atoms with van der Waals surface area (Å²) in [4.78, 5) is 55.7. The Balaban J connectivity index is 1.28. The van der Waals surface area contributed by atoms with Crippen LogP contribution in [-0.4, -0.2) is 60.0 Å². The van der Waals surface area contributed by atoms with Crippen molar-refractivity contribution in [3.8, 4) is 17.3 Å². The number of amides is 2. The molecule has 3 heterocycles. The highest BCUT2D eigenvalue weighted by atomic mass is 16.5. The van der Waals surface area contributed by atoms with Gasteiger partial charge in [-0.15, -0.1) is 0 Å². The highest BCUT2D eigenvalue weighted by Crippen LogP contribution is 2.44. The van der Waals surface area contributed by atoms with Gasteiger partial charge in [0.15, 0.2) is 5.82 Å². The van der Waals surface area contributed by atoms with Gasteiger partial charge in [-0.25, -0.2) is 9.78 Å². The fourth-order valence-corrected chi connectivity index (χ4v) is 6.74. The zero-order chi connectivity index (χ0) is 31.6. The molecule has 6 rings (SSSR count). The number of aliphatic carboxylic acids is 1. The molecular formula is C33H35N7O5. The molecule has 3 aromatic heterocycles. The monoisotopic (exact) mass is 609 g/mol. The Kier molecular flexibility index (Phi) is 8.29. The molecule has 2 saturated carbocycles. The van der Waals surface area contributed by atoms with Crippen LogP contribution in [-0.2, 0) is 16.6 Å². The summed E-state index contributed by atoms with van der Waals surface area (Å²) in [5.74, 6) is -1.26. The van der Waals surface area contributed by atoms with E-state index < -0.39 is 17.4 Å². The molecule has 232 valence electrons. The van der Waals surface area contributed by atoms with Gasteiger partial charge in [-0.2, -0.15) is 4.98 Å². The van der Waals surface area contributed by atoms with Gasteiger partial charge in [0.25, 0.3) is 11.8 Å². The first-order chi connectivity index (χ1) is 21.8. The number of nitrogens with zero attached hydrogens (tertiary/aromatic N) is 5. The molecule has 0 bridgehead atoms. The van der Waals surface area contributed by atoms with Crippen LogP contribution in [0.3, 0.4) is 0 Å². The number of carboxylic acids is 1. The Morgan fingerprint density at radius 1 is 1.07 bits per heavy atom. The standard InChI is InChI=1S/C33H35N7O5/c1-40-25-17-21(9-10-22(25)28(20-7-3-4-8-20)29(40)24-18-34-15-16-35-24)30(43)39-33(13-5-6-14-33)32(44)38-26-19-36-23(11-12-27(41)42)31(37-26)45-2/h9-12,15-20H,3-8,13-14H2,1-2H3,(H,39,43)(H,41,42)(H,37,38,44)/b12-11+. The maximum Gasteiger partial charge on any atom is 0.328 e. The molecule has 2 fully saturated rings. The lowest BCUT2D eigenvalue weighted by atomic mass is 9.93. The number of fused-ring (bicyclic) bond motifs is 1. The highest BCUT2D eigenvalue weighted by Gasteiger charge is 2.43. The van der Waals surface area contributed by atoms with Crippen LogP contribution in [0.1, 0.15) is 78.9 Å². The number of methoxy groups -OCH3 is 1. The van der Waals surface area contributed by atoms with Crippen molar-refractivity contribution in [1.82, 2.24) is 29.8 Å². The lowest BCUT2D eigenvalue weighted by molar-refractivity contribution is -0.131. The lowest BCUT2D eigenvalue weighted by Gasteiger charge is -2.29. The molecule has 0 aliphatic heterocycles. The molecular weight excluding hydrogens is 574 g/mol. The molecule has 2 amide bonds. The second-order valence-corrected chi connectivity index (χ2v) is 11.6. The summed E-state index contributed by atoms with van der Waals surface area (Å²) >= 11 is 0. The second-order valence-electron chi connectivity index (χ2n) is 11.6. The summed E-state index contributed by atoms with van der Waals surface area (Å²) in [7, 11) is 3.37. The zero-order valence-electron chi connectivity index (χ0n) is 25.2. The number of hydrogen-bond donors (Lipinski definition) is 3. The third-order valence-corrected chi connectivity index (χ3v) is 8.90. The summed E-state index contributed by atoms with van der Waals surface area (Å²) < 4.78 is 7.34. The molecule has 0 spiro atoms. The van der Waals surface area contributed by atoms with Gasteiger partial charge in [0.2, 0.25) is 5.88 Å². The summed E-state index contributed by atoms with van der Waals surface area (Å²) in [6.45, 7) is 0. The van der Waals surface area contributed by atoms with E-state index >= 15 is 0 Å². The predicted molar refractivity (Wildman–Crippen MR) is 168 cm³/mol. The van der Waals surface area contributed by atoms with Crippen molar-refractivity contribution in [2.24, 2.45) is 7.05 Å². The third kappa shape index (κ3) is 5.87. The Morgan fingerprint density at radius 3 is 2.53 bits per heavy atom. The van der Waals surface area contributed by atoms with Crippen LogP contribution in [0.25, 0.3) is 28.4 Å². The average molecular weight is 610 g/mol. The number of nitrogens with one attached hydrogen (secondary N) is 2. The van der Waals surface area contributed by atoms with Crippen molar-refractivity contribution in [2.75, 3.05) is 12.4 Å². The summed E-state index contributed by atoms with van der Waals surface area (Å²) in [6.07, 6.45) is 15.8. The van der Waals surface area contributed by atoms with Gasteiger partial charge >= 0.3 is 5.97 Å². The maximum atomic E-state index is 13.8. The molecule has 2 aliphatic rings. The smallest absolute Gasteiger partial charge is 0.328 e. The normalized spacial score (nSPS) is 16.3. The minimum atomic E-state index is -1.14. The Morgan fingerprint density at radius 2 is 1.84 bits per heavy atom. The van der Waals surface area contributed by atoms with Crippen LogP contribution in [0.5, 0.6) is 5.88 Å². The average Bonchev–Trinajstić information content (AvgIpc) is 3.81. The summed E-state index contributed by atoms with van der Waals surface area (Å²) in [5, 5.41) is 15.9. The molecule has 12 nitrogen and oxygen atoms in total. The van der Waals surface area contributed by atoms with Gasteiger partial charge in [0, 0.05) is 42.0 Å². The minimum Gasteiger partial charge on any atom is -0.479 e. The van der Waals surface area contributed by atoms with Crippen LogP contribution in [0.15, 0.2) is 49.1 Å². The van der Waals surface area contributed by atoms with Crippen molar-refractivity contribution in [1.29, 1.82) is 0 Å². The molecule has 4 aromatic rings. The van der Waals surface area contributed by atoms with E-state index in [1.54, 1.807) is 18.6 Å². The number of aromatic nitrogens is 5. The molecule has 0 saturated heterocycles. The van der Waals surface area contributed by atoms with Crippen molar-refractivity contribution in [2.45, 2.75) is 62.8 Å². The number of carbonyl (C=O) groups excluding carboxylic acids is 2. The van der Waals surface area contributed by atoms with Gasteiger partial charge < -0.3 is 25.0 Å². The lowest BCUT2D eigenvalue weighted by Crippen LogP contribution is -2.55. The summed E-state index contributed by atoms with van der Waals surface area (Å²) in [6, 6.07) is 5.74. The molecule has 0 unspecified atom stereocenters.